The van der Waals surface area contributed by atoms with Crippen LogP contribution in [0.25, 0.3) is 0 Å². The molecule has 1 aromatic rings. The van der Waals surface area contributed by atoms with Gasteiger partial charge in [-0.05, 0) is 23.7 Å². The molecular formula is C14H9Cl2NOS. The Bertz CT molecular complexity index is 636. The Morgan fingerprint density at radius 1 is 1.32 bits per heavy atom. The summed E-state index contributed by atoms with van der Waals surface area (Å²) in [6.07, 6.45) is 5.49. The molecule has 1 heterocycles. The second kappa shape index (κ2) is 5.16. The van der Waals surface area contributed by atoms with Gasteiger partial charge < -0.3 is 0 Å². The average Bonchev–Trinajstić information content (AvgIpc) is 2.54. The van der Waals surface area contributed by atoms with Gasteiger partial charge in [0.15, 0.2) is 0 Å². The Balaban J connectivity index is 2.04. The van der Waals surface area contributed by atoms with E-state index >= 15 is 0 Å². The van der Waals surface area contributed by atoms with Crippen LogP contribution in [-0.4, -0.2) is 21.7 Å². The normalized spacial score (nSPS) is 24.7. The number of benzene rings is 1. The van der Waals surface area contributed by atoms with Gasteiger partial charge in [-0.15, -0.1) is 11.8 Å². The van der Waals surface area contributed by atoms with Crippen molar-refractivity contribution in [3.05, 3.63) is 53.6 Å². The highest BCUT2D eigenvalue weighted by Crippen LogP contribution is 2.37. The lowest BCUT2D eigenvalue weighted by atomic mass is 10.0. The first kappa shape index (κ1) is 13.0. The van der Waals surface area contributed by atoms with Crippen molar-refractivity contribution in [3.8, 4) is 0 Å². The van der Waals surface area contributed by atoms with Crippen LogP contribution in [0.15, 0.2) is 58.0 Å². The standard InChI is InChI=1S/C14H9Cl2NOS/c15-13-9-3-1-2-4-11(9)19-12-6-5-8(14(16)18)7-10(12)17-13/h1-7,10,12H. The lowest BCUT2D eigenvalue weighted by Crippen LogP contribution is -2.21. The number of allylic oxidation sites excluding steroid dienone is 2. The van der Waals surface area contributed by atoms with Gasteiger partial charge in [-0.25, -0.2) is 0 Å². The van der Waals surface area contributed by atoms with E-state index in [1.54, 1.807) is 23.9 Å². The molecule has 0 spiro atoms. The molecule has 2 aliphatic rings. The Morgan fingerprint density at radius 3 is 2.89 bits per heavy atom. The van der Waals surface area contributed by atoms with E-state index in [1.807, 2.05) is 30.3 Å². The SMILES string of the molecule is O=C(Cl)C1=CC2N=C(Cl)c3ccccc3SC2C=C1. The number of nitrogens with zero attached hydrogens (tertiary/aromatic N) is 1. The van der Waals surface area contributed by atoms with E-state index in [9.17, 15) is 4.79 Å². The topological polar surface area (TPSA) is 29.4 Å². The van der Waals surface area contributed by atoms with Crippen LogP contribution < -0.4 is 0 Å². The predicted octanol–water partition coefficient (Wildman–Crippen LogP) is 3.78. The van der Waals surface area contributed by atoms with E-state index in [-0.39, 0.29) is 11.3 Å². The summed E-state index contributed by atoms with van der Waals surface area (Å²) in [6, 6.07) is 7.73. The minimum absolute atomic E-state index is 0.136. The Kier molecular flexibility index (Phi) is 3.52. The molecule has 1 aliphatic carbocycles. The number of carbonyl (C=O) groups excluding carboxylic acids is 1. The van der Waals surface area contributed by atoms with Crippen molar-refractivity contribution in [2.45, 2.75) is 16.2 Å². The van der Waals surface area contributed by atoms with E-state index in [1.165, 1.54) is 0 Å². The van der Waals surface area contributed by atoms with Crippen LogP contribution in [0.2, 0.25) is 0 Å². The Hall–Kier alpha value is -1.03. The number of thioether (sulfide) groups is 1. The molecule has 19 heavy (non-hydrogen) atoms. The summed E-state index contributed by atoms with van der Waals surface area (Å²) in [4.78, 5) is 16.8. The predicted molar refractivity (Wildman–Crippen MR) is 80.3 cm³/mol. The molecule has 1 aliphatic heterocycles. The Morgan fingerprint density at radius 2 is 2.11 bits per heavy atom. The fraction of sp³-hybridized carbons (Fsp3) is 0.143. The van der Waals surface area contributed by atoms with Crippen LogP contribution in [-0.2, 0) is 4.79 Å². The third kappa shape index (κ3) is 2.50. The van der Waals surface area contributed by atoms with Crippen LogP contribution in [0.1, 0.15) is 5.56 Å². The summed E-state index contributed by atoms with van der Waals surface area (Å²) in [6.45, 7) is 0. The number of halogens is 2. The van der Waals surface area contributed by atoms with Gasteiger partial charge in [-0.3, -0.25) is 9.79 Å². The molecule has 2 unspecified atom stereocenters. The summed E-state index contributed by atoms with van der Waals surface area (Å²) < 4.78 is 0. The molecule has 2 nitrogen and oxygen atoms in total. The third-order valence-electron chi connectivity index (χ3n) is 3.01. The van der Waals surface area contributed by atoms with Crippen LogP contribution in [0.4, 0.5) is 0 Å². The second-order valence-corrected chi connectivity index (χ2v) is 6.17. The summed E-state index contributed by atoms with van der Waals surface area (Å²) >= 11 is 13.5. The number of aliphatic imine (C=N–C) groups is 1. The number of rotatable bonds is 1. The van der Waals surface area contributed by atoms with Gasteiger partial charge >= 0.3 is 0 Å². The van der Waals surface area contributed by atoms with Gasteiger partial charge in [0, 0.05) is 16.0 Å². The summed E-state index contributed by atoms with van der Waals surface area (Å²) in [5, 5.41) is 0.147. The lowest BCUT2D eigenvalue weighted by Gasteiger charge is -2.20. The number of fused-ring (bicyclic) bond motifs is 2. The monoisotopic (exact) mass is 309 g/mol. The maximum absolute atomic E-state index is 11.2. The quantitative estimate of drug-likeness (QED) is 0.739. The third-order valence-corrected chi connectivity index (χ3v) is 4.85. The molecule has 3 rings (SSSR count). The fourth-order valence-electron chi connectivity index (χ4n) is 2.08. The largest absolute Gasteiger partial charge is 0.276 e. The summed E-state index contributed by atoms with van der Waals surface area (Å²) in [5.41, 5.74) is 1.41. The highest BCUT2D eigenvalue weighted by Gasteiger charge is 2.27. The first-order valence-electron chi connectivity index (χ1n) is 5.74. The van der Waals surface area contributed by atoms with E-state index in [0.29, 0.717) is 10.7 Å². The van der Waals surface area contributed by atoms with Gasteiger partial charge in [-0.1, -0.05) is 42.0 Å². The summed E-state index contributed by atoms with van der Waals surface area (Å²) in [7, 11) is 0. The minimum Gasteiger partial charge on any atom is -0.276 e. The molecule has 96 valence electrons. The smallest absolute Gasteiger partial charge is 0.252 e. The molecule has 0 radical (unpaired) electrons. The molecule has 0 bridgehead atoms. The van der Waals surface area contributed by atoms with Crippen molar-refractivity contribution in [3.63, 3.8) is 0 Å². The second-order valence-electron chi connectivity index (χ2n) is 4.24. The van der Waals surface area contributed by atoms with Crippen molar-refractivity contribution in [1.29, 1.82) is 0 Å². The molecule has 0 N–H and O–H groups in total. The van der Waals surface area contributed by atoms with Crippen LogP contribution in [0.3, 0.4) is 0 Å². The zero-order valence-corrected chi connectivity index (χ0v) is 12.0. The minimum atomic E-state index is -0.465. The van der Waals surface area contributed by atoms with E-state index < -0.39 is 5.24 Å². The molecule has 0 saturated carbocycles. The highest BCUT2D eigenvalue weighted by atomic mass is 35.5. The fourth-order valence-corrected chi connectivity index (χ4v) is 3.72. The molecule has 0 fully saturated rings. The van der Waals surface area contributed by atoms with Crippen molar-refractivity contribution in [2.75, 3.05) is 0 Å². The molecule has 2 atom stereocenters. The van der Waals surface area contributed by atoms with Gasteiger partial charge in [0.2, 0.25) is 0 Å². The van der Waals surface area contributed by atoms with Gasteiger partial charge in [0.1, 0.15) is 5.17 Å². The number of hydrogen-bond acceptors (Lipinski definition) is 3. The number of carbonyl (C=O) groups is 1. The van der Waals surface area contributed by atoms with Crippen molar-refractivity contribution in [1.82, 2.24) is 0 Å². The summed E-state index contributed by atoms with van der Waals surface area (Å²) in [5.74, 6) is 0. The van der Waals surface area contributed by atoms with Crippen molar-refractivity contribution < 1.29 is 4.79 Å². The lowest BCUT2D eigenvalue weighted by molar-refractivity contribution is -0.108. The van der Waals surface area contributed by atoms with E-state index in [0.717, 1.165) is 10.5 Å². The first-order valence-corrected chi connectivity index (χ1v) is 7.38. The molecule has 1 aromatic carbocycles. The van der Waals surface area contributed by atoms with Crippen LogP contribution >= 0.6 is 35.0 Å². The van der Waals surface area contributed by atoms with E-state index in [4.69, 9.17) is 23.2 Å². The Labute approximate surface area is 125 Å². The number of hydrogen-bond donors (Lipinski definition) is 0. The maximum Gasteiger partial charge on any atom is 0.252 e. The maximum atomic E-state index is 11.2. The molecule has 5 heteroatoms. The zero-order valence-electron chi connectivity index (χ0n) is 9.72. The average molecular weight is 310 g/mol. The van der Waals surface area contributed by atoms with Crippen LogP contribution in [0.5, 0.6) is 0 Å². The molecule has 0 aromatic heterocycles. The zero-order chi connectivity index (χ0) is 13.4. The van der Waals surface area contributed by atoms with Crippen LogP contribution in [0, 0.1) is 0 Å². The van der Waals surface area contributed by atoms with Gasteiger partial charge in [0.05, 0.1) is 11.3 Å². The van der Waals surface area contributed by atoms with Gasteiger partial charge in [0.25, 0.3) is 5.24 Å². The van der Waals surface area contributed by atoms with Gasteiger partial charge in [-0.2, -0.15) is 0 Å². The first-order chi connectivity index (χ1) is 9.15. The molecule has 0 amide bonds. The molecular weight excluding hydrogens is 301 g/mol. The molecule has 0 saturated heterocycles. The van der Waals surface area contributed by atoms with E-state index in [2.05, 4.69) is 4.99 Å². The van der Waals surface area contributed by atoms with Crippen molar-refractivity contribution in [2.24, 2.45) is 4.99 Å². The highest BCUT2D eigenvalue weighted by molar-refractivity contribution is 8.00. The van der Waals surface area contributed by atoms with Crippen molar-refractivity contribution >= 4 is 45.4 Å².